The monoisotopic (exact) mass is 338 g/mol. The highest BCUT2D eigenvalue weighted by molar-refractivity contribution is 7.99. The van der Waals surface area contributed by atoms with Gasteiger partial charge in [0.05, 0.1) is 5.92 Å². The molecule has 0 radical (unpaired) electrons. The summed E-state index contributed by atoms with van der Waals surface area (Å²) in [6.07, 6.45) is 1.57. The quantitative estimate of drug-likeness (QED) is 0.855. The molecule has 22 heavy (non-hydrogen) atoms. The molecule has 1 N–H and O–H groups in total. The zero-order valence-corrected chi connectivity index (χ0v) is 13.3. The number of amides is 2. The van der Waals surface area contributed by atoms with Gasteiger partial charge in [-0.2, -0.15) is 24.9 Å². The second-order valence-electron chi connectivity index (χ2n) is 5.96. The molecule has 0 spiro atoms. The highest BCUT2D eigenvalue weighted by atomic mass is 32.2. The van der Waals surface area contributed by atoms with E-state index < -0.39 is 24.5 Å². The lowest BCUT2D eigenvalue weighted by Gasteiger charge is -2.31. The maximum absolute atomic E-state index is 12.4. The van der Waals surface area contributed by atoms with Crippen LogP contribution in [-0.2, 0) is 9.59 Å². The lowest BCUT2D eigenvalue weighted by Crippen LogP contribution is -2.46. The largest absolute Gasteiger partial charge is 0.406 e. The number of nitrogens with one attached hydrogen (secondary N) is 1. The number of carbonyl (C=O) groups is 2. The van der Waals surface area contributed by atoms with Crippen LogP contribution in [0.25, 0.3) is 0 Å². The average Bonchev–Trinajstić information content (AvgIpc) is 2.79. The van der Waals surface area contributed by atoms with Crippen molar-refractivity contribution in [3.05, 3.63) is 0 Å². The first-order valence-electron chi connectivity index (χ1n) is 7.48. The zero-order valence-electron chi connectivity index (χ0n) is 12.5. The van der Waals surface area contributed by atoms with Crippen molar-refractivity contribution in [2.75, 3.05) is 19.3 Å². The minimum atomic E-state index is -4.42. The van der Waals surface area contributed by atoms with Gasteiger partial charge in [0.15, 0.2) is 0 Å². The van der Waals surface area contributed by atoms with Crippen molar-refractivity contribution >= 4 is 23.6 Å². The number of likely N-dealkylation sites (tertiary alicyclic amines) is 1. The lowest BCUT2D eigenvalue weighted by molar-refractivity contribution is -0.157. The highest BCUT2D eigenvalue weighted by Gasteiger charge is 2.41. The summed E-state index contributed by atoms with van der Waals surface area (Å²) in [5, 5.41) is 3.29. The molecule has 1 saturated heterocycles. The SMILES string of the molecule is CS[C@@H]1CCCC[C@@H]1NC(=O)[C@@H]1CC(=O)N(CC(F)(F)F)C1. The molecule has 0 aromatic rings. The Morgan fingerprint density at radius 3 is 2.68 bits per heavy atom. The van der Waals surface area contributed by atoms with Gasteiger partial charge in [0.2, 0.25) is 11.8 Å². The van der Waals surface area contributed by atoms with Gasteiger partial charge in [-0.15, -0.1) is 0 Å². The van der Waals surface area contributed by atoms with Crippen molar-refractivity contribution < 1.29 is 22.8 Å². The van der Waals surface area contributed by atoms with Gasteiger partial charge in [0.25, 0.3) is 0 Å². The molecule has 1 heterocycles. The number of carbonyl (C=O) groups excluding carboxylic acids is 2. The van der Waals surface area contributed by atoms with Gasteiger partial charge in [0.1, 0.15) is 6.54 Å². The number of nitrogens with zero attached hydrogens (tertiary/aromatic N) is 1. The number of hydrogen-bond donors (Lipinski definition) is 1. The number of halogens is 3. The summed E-state index contributed by atoms with van der Waals surface area (Å²) < 4.78 is 37.1. The molecular formula is C14H21F3N2O2S. The molecule has 0 aromatic heterocycles. The first-order chi connectivity index (χ1) is 10.3. The van der Waals surface area contributed by atoms with Crippen molar-refractivity contribution in [1.82, 2.24) is 10.2 Å². The maximum atomic E-state index is 12.4. The number of rotatable bonds is 4. The summed E-state index contributed by atoms with van der Waals surface area (Å²) in [5.74, 6) is -1.55. The van der Waals surface area contributed by atoms with Crippen LogP contribution in [0.1, 0.15) is 32.1 Å². The third kappa shape index (κ3) is 4.54. The van der Waals surface area contributed by atoms with E-state index in [4.69, 9.17) is 0 Å². The van der Waals surface area contributed by atoms with E-state index in [1.54, 1.807) is 11.8 Å². The van der Waals surface area contributed by atoms with Crippen molar-refractivity contribution in [3.8, 4) is 0 Å². The third-order valence-corrected chi connectivity index (χ3v) is 5.46. The van der Waals surface area contributed by atoms with Crippen molar-refractivity contribution in [2.45, 2.75) is 49.6 Å². The van der Waals surface area contributed by atoms with E-state index in [-0.39, 0.29) is 24.9 Å². The molecule has 126 valence electrons. The molecule has 0 bridgehead atoms. The topological polar surface area (TPSA) is 49.4 Å². The van der Waals surface area contributed by atoms with Crippen LogP contribution in [0.3, 0.4) is 0 Å². The molecule has 1 aliphatic heterocycles. The van der Waals surface area contributed by atoms with Crippen LogP contribution in [0.15, 0.2) is 0 Å². The van der Waals surface area contributed by atoms with Crippen LogP contribution in [0.5, 0.6) is 0 Å². The fourth-order valence-corrected chi connectivity index (χ4v) is 4.10. The first-order valence-corrected chi connectivity index (χ1v) is 8.76. The lowest BCUT2D eigenvalue weighted by atomic mass is 9.94. The molecule has 4 nitrogen and oxygen atoms in total. The number of hydrogen-bond acceptors (Lipinski definition) is 3. The first kappa shape index (κ1) is 17.4. The van der Waals surface area contributed by atoms with Crippen LogP contribution in [0.4, 0.5) is 13.2 Å². The number of alkyl halides is 3. The van der Waals surface area contributed by atoms with Gasteiger partial charge in [-0.1, -0.05) is 12.8 Å². The van der Waals surface area contributed by atoms with Gasteiger partial charge >= 0.3 is 6.18 Å². The van der Waals surface area contributed by atoms with Crippen molar-refractivity contribution in [1.29, 1.82) is 0 Å². The van der Waals surface area contributed by atoms with Gasteiger partial charge < -0.3 is 10.2 Å². The van der Waals surface area contributed by atoms with E-state index in [0.717, 1.165) is 30.6 Å². The Hall–Kier alpha value is -0.920. The molecular weight excluding hydrogens is 317 g/mol. The molecule has 1 aliphatic carbocycles. The molecule has 3 atom stereocenters. The molecule has 0 aromatic carbocycles. The van der Waals surface area contributed by atoms with E-state index in [2.05, 4.69) is 5.32 Å². The third-order valence-electron chi connectivity index (χ3n) is 4.29. The number of thioether (sulfide) groups is 1. The Balaban J connectivity index is 1.89. The van der Waals surface area contributed by atoms with E-state index in [1.807, 2.05) is 6.26 Å². The standard InChI is InChI=1S/C14H21F3N2O2S/c1-22-11-5-3-2-4-10(11)18-13(21)9-6-12(20)19(7-9)8-14(15,16)17/h9-11H,2-8H2,1H3,(H,18,21)/t9-,10+,11-/m1/s1. The predicted molar refractivity (Wildman–Crippen MR) is 78.4 cm³/mol. The summed E-state index contributed by atoms with van der Waals surface area (Å²) >= 11 is 1.71. The molecule has 2 rings (SSSR count). The normalized spacial score (nSPS) is 29.7. The summed E-state index contributed by atoms with van der Waals surface area (Å²) in [7, 11) is 0. The van der Waals surface area contributed by atoms with E-state index in [0.29, 0.717) is 5.25 Å². The Labute approximate surface area is 132 Å². The van der Waals surface area contributed by atoms with E-state index in [1.165, 1.54) is 0 Å². The minimum absolute atomic E-state index is 0.0584. The maximum Gasteiger partial charge on any atom is 0.406 e. The summed E-state index contributed by atoms with van der Waals surface area (Å²) in [6, 6.07) is 0.0584. The molecule has 2 fully saturated rings. The van der Waals surface area contributed by atoms with Crippen LogP contribution >= 0.6 is 11.8 Å². The van der Waals surface area contributed by atoms with Crippen LogP contribution < -0.4 is 5.32 Å². The minimum Gasteiger partial charge on any atom is -0.352 e. The van der Waals surface area contributed by atoms with Crippen molar-refractivity contribution in [2.24, 2.45) is 5.92 Å². The Bertz CT molecular complexity index is 431. The Kier molecular flexibility index (Phi) is 5.63. The van der Waals surface area contributed by atoms with Crippen LogP contribution in [0.2, 0.25) is 0 Å². The average molecular weight is 338 g/mol. The van der Waals surface area contributed by atoms with Gasteiger partial charge in [-0.05, 0) is 19.1 Å². The molecule has 2 amide bonds. The smallest absolute Gasteiger partial charge is 0.352 e. The fraction of sp³-hybridized carbons (Fsp3) is 0.857. The van der Waals surface area contributed by atoms with Crippen LogP contribution in [-0.4, -0.2) is 53.5 Å². The van der Waals surface area contributed by atoms with Crippen LogP contribution in [0, 0.1) is 5.92 Å². The van der Waals surface area contributed by atoms with Gasteiger partial charge in [0, 0.05) is 24.3 Å². The van der Waals surface area contributed by atoms with E-state index in [9.17, 15) is 22.8 Å². The summed E-state index contributed by atoms with van der Waals surface area (Å²) in [6.45, 7) is -1.41. The van der Waals surface area contributed by atoms with Gasteiger partial charge in [-0.25, -0.2) is 0 Å². The van der Waals surface area contributed by atoms with Crippen molar-refractivity contribution in [3.63, 3.8) is 0 Å². The molecule has 2 aliphatic rings. The van der Waals surface area contributed by atoms with E-state index >= 15 is 0 Å². The molecule has 0 unspecified atom stereocenters. The second-order valence-corrected chi connectivity index (χ2v) is 7.04. The Morgan fingerprint density at radius 2 is 2.05 bits per heavy atom. The second kappa shape index (κ2) is 7.10. The summed E-state index contributed by atoms with van der Waals surface area (Å²) in [4.78, 5) is 24.6. The molecule has 8 heteroatoms. The van der Waals surface area contributed by atoms with Gasteiger partial charge in [-0.3, -0.25) is 9.59 Å². The molecule has 1 saturated carbocycles. The predicted octanol–water partition coefficient (Wildman–Crippen LogP) is 2.19. The fourth-order valence-electron chi connectivity index (χ4n) is 3.16. The Morgan fingerprint density at radius 1 is 1.36 bits per heavy atom. The highest BCUT2D eigenvalue weighted by Crippen LogP contribution is 2.28. The summed E-state index contributed by atoms with van der Waals surface area (Å²) in [5.41, 5.74) is 0. The zero-order chi connectivity index (χ0) is 16.3.